The molecule has 1 amide bonds. The van der Waals surface area contributed by atoms with Gasteiger partial charge in [0.25, 0.3) is 11.6 Å². The Morgan fingerprint density at radius 2 is 2.20 bits per heavy atom. The van der Waals surface area contributed by atoms with E-state index in [-0.39, 0.29) is 21.4 Å². The minimum absolute atomic E-state index is 0.0858. The van der Waals surface area contributed by atoms with Crippen molar-refractivity contribution >= 4 is 62.8 Å². The van der Waals surface area contributed by atoms with Crippen molar-refractivity contribution in [3.05, 3.63) is 61.3 Å². The Bertz CT molecular complexity index is 914. The summed E-state index contributed by atoms with van der Waals surface area (Å²) < 4.78 is 0.703. The van der Waals surface area contributed by atoms with Crippen LogP contribution in [0.15, 0.2) is 40.1 Å². The van der Waals surface area contributed by atoms with E-state index in [0.29, 0.717) is 4.34 Å². The first-order chi connectivity index (χ1) is 12.0. The number of halogens is 1. The average Bonchev–Trinajstić information content (AvgIpc) is 3.24. The van der Waals surface area contributed by atoms with Crippen LogP contribution >= 0.6 is 46.0 Å². The van der Waals surface area contributed by atoms with E-state index in [4.69, 9.17) is 11.6 Å². The van der Waals surface area contributed by atoms with Gasteiger partial charge in [-0.05, 0) is 23.6 Å². The van der Waals surface area contributed by atoms with Gasteiger partial charge in [-0.25, -0.2) is 0 Å². The zero-order valence-corrected chi connectivity index (χ0v) is 15.5. The number of aromatic nitrogens is 2. The van der Waals surface area contributed by atoms with Crippen molar-refractivity contribution in [2.24, 2.45) is 0 Å². The fraction of sp³-hybridized carbons (Fsp3) is 0.0714. The fourth-order valence-electron chi connectivity index (χ4n) is 1.86. The van der Waals surface area contributed by atoms with Gasteiger partial charge in [0.15, 0.2) is 4.34 Å². The van der Waals surface area contributed by atoms with Crippen LogP contribution in [0.2, 0.25) is 5.02 Å². The maximum atomic E-state index is 12.3. The van der Waals surface area contributed by atoms with Crippen LogP contribution in [-0.4, -0.2) is 21.0 Å². The molecule has 0 atom stereocenters. The number of hydrogen-bond donors (Lipinski definition) is 1. The first-order valence-electron chi connectivity index (χ1n) is 6.77. The number of nitro groups is 1. The van der Waals surface area contributed by atoms with Gasteiger partial charge in [-0.2, -0.15) is 0 Å². The molecule has 3 aromatic rings. The summed E-state index contributed by atoms with van der Waals surface area (Å²) in [5, 5.41) is 24.0. The molecule has 25 heavy (non-hydrogen) atoms. The predicted molar refractivity (Wildman–Crippen MR) is 99.8 cm³/mol. The second kappa shape index (κ2) is 7.91. The maximum absolute atomic E-state index is 12.3. The number of carbonyl (C=O) groups is 1. The monoisotopic (exact) mass is 412 g/mol. The Morgan fingerprint density at radius 3 is 2.92 bits per heavy atom. The van der Waals surface area contributed by atoms with E-state index in [2.05, 4.69) is 15.5 Å². The number of nitrogens with zero attached hydrogens (tertiary/aromatic N) is 3. The van der Waals surface area contributed by atoms with E-state index in [1.807, 2.05) is 17.5 Å². The number of nitrogens with one attached hydrogen (secondary N) is 1. The number of thiophene rings is 1. The molecule has 1 N–H and O–H groups in total. The number of carbonyl (C=O) groups excluding carboxylic acids is 1. The van der Waals surface area contributed by atoms with E-state index in [0.717, 1.165) is 11.8 Å². The van der Waals surface area contributed by atoms with Crippen molar-refractivity contribution < 1.29 is 9.72 Å². The summed E-state index contributed by atoms with van der Waals surface area (Å²) in [5.41, 5.74) is -0.445. The van der Waals surface area contributed by atoms with E-state index >= 15 is 0 Å². The summed E-state index contributed by atoms with van der Waals surface area (Å²) in [6.45, 7) is 0. The molecule has 3 rings (SSSR count). The van der Waals surface area contributed by atoms with Crippen LogP contribution in [0.25, 0.3) is 0 Å². The Hall–Kier alpha value is -2.01. The summed E-state index contributed by atoms with van der Waals surface area (Å²) >= 11 is 10.1. The van der Waals surface area contributed by atoms with Crippen molar-refractivity contribution in [2.45, 2.75) is 10.1 Å². The molecule has 0 spiro atoms. The van der Waals surface area contributed by atoms with Gasteiger partial charge in [0, 0.05) is 21.7 Å². The number of anilines is 1. The molecule has 128 valence electrons. The number of thioether (sulfide) groups is 1. The van der Waals surface area contributed by atoms with Crippen LogP contribution in [0.4, 0.5) is 10.8 Å². The Morgan fingerprint density at radius 1 is 1.36 bits per heavy atom. The highest BCUT2D eigenvalue weighted by Gasteiger charge is 2.21. The lowest BCUT2D eigenvalue weighted by Crippen LogP contribution is -2.13. The van der Waals surface area contributed by atoms with Gasteiger partial charge in [0.05, 0.1) is 4.92 Å². The molecule has 1 aromatic carbocycles. The van der Waals surface area contributed by atoms with Gasteiger partial charge in [0.2, 0.25) is 5.13 Å². The Balaban J connectivity index is 1.68. The number of nitro benzene ring substituents is 1. The summed E-state index contributed by atoms with van der Waals surface area (Å²) in [5.74, 6) is 0.137. The van der Waals surface area contributed by atoms with Gasteiger partial charge < -0.3 is 0 Å². The highest BCUT2D eigenvalue weighted by molar-refractivity contribution is 8.00. The standard InChI is InChI=1S/C14H9ClN4O3S3/c15-8-3-4-10(11(6-8)19(21)22)12(20)16-13-17-18-14(25-13)24-7-9-2-1-5-23-9/h1-6H,7H2,(H,16,17,20). The molecule has 0 saturated heterocycles. The van der Waals surface area contributed by atoms with Crippen molar-refractivity contribution in [1.82, 2.24) is 10.2 Å². The highest BCUT2D eigenvalue weighted by atomic mass is 35.5. The molecule has 0 radical (unpaired) electrons. The molecule has 0 unspecified atom stereocenters. The minimum atomic E-state index is -0.650. The molecule has 7 nitrogen and oxygen atoms in total. The average molecular weight is 413 g/mol. The predicted octanol–water partition coefficient (Wildman–Crippen LogP) is 4.71. The SMILES string of the molecule is O=C(Nc1nnc(SCc2cccs2)s1)c1ccc(Cl)cc1[N+](=O)[O-]. The van der Waals surface area contributed by atoms with Crippen LogP contribution in [0.3, 0.4) is 0 Å². The van der Waals surface area contributed by atoms with E-state index in [1.165, 1.54) is 40.1 Å². The van der Waals surface area contributed by atoms with Crippen LogP contribution in [0.5, 0.6) is 0 Å². The topological polar surface area (TPSA) is 98.0 Å². The number of rotatable bonds is 6. The van der Waals surface area contributed by atoms with Crippen molar-refractivity contribution in [3.8, 4) is 0 Å². The third kappa shape index (κ3) is 4.54. The molecule has 0 aliphatic rings. The first kappa shape index (κ1) is 17.8. The second-order valence-corrected chi connectivity index (χ2v) is 8.28. The molecule has 0 aliphatic heterocycles. The first-order valence-corrected chi connectivity index (χ1v) is 9.83. The molecular formula is C14H9ClN4O3S3. The molecule has 0 bridgehead atoms. The smallest absolute Gasteiger partial charge is 0.283 e. The van der Waals surface area contributed by atoms with Crippen LogP contribution in [-0.2, 0) is 5.75 Å². The molecule has 2 heterocycles. The van der Waals surface area contributed by atoms with Gasteiger partial charge in [-0.1, -0.05) is 40.8 Å². The molecule has 0 fully saturated rings. The molecular weight excluding hydrogens is 404 g/mol. The lowest BCUT2D eigenvalue weighted by molar-refractivity contribution is -0.385. The fourth-order valence-corrected chi connectivity index (χ4v) is 4.55. The molecule has 0 aliphatic carbocycles. The molecule has 0 saturated carbocycles. The molecule has 11 heteroatoms. The van der Waals surface area contributed by atoms with Gasteiger partial charge in [-0.3, -0.25) is 20.2 Å². The third-order valence-corrected chi connectivity index (χ3v) is 6.26. The quantitative estimate of drug-likeness (QED) is 0.272. The summed E-state index contributed by atoms with van der Waals surface area (Å²) in [4.78, 5) is 23.9. The van der Waals surface area contributed by atoms with Crippen LogP contribution < -0.4 is 5.32 Å². The van der Waals surface area contributed by atoms with Crippen LogP contribution in [0, 0.1) is 10.1 Å². The zero-order chi connectivity index (χ0) is 17.8. The van der Waals surface area contributed by atoms with Crippen LogP contribution in [0.1, 0.15) is 15.2 Å². The molecule has 2 aromatic heterocycles. The van der Waals surface area contributed by atoms with Crippen molar-refractivity contribution in [3.63, 3.8) is 0 Å². The van der Waals surface area contributed by atoms with Gasteiger partial charge in [0.1, 0.15) is 5.56 Å². The lowest BCUT2D eigenvalue weighted by atomic mass is 10.1. The zero-order valence-electron chi connectivity index (χ0n) is 12.3. The highest BCUT2D eigenvalue weighted by Crippen LogP contribution is 2.30. The largest absolute Gasteiger partial charge is 0.296 e. The Kier molecular flexibility index (Phi) is 5.63. The maximum Gasteiger partial charge on any atom is 0.283 e. The van der Waals surface area contributed by atoms with E-state index in [9.17, 15) is 14.9 Å². The third-order valence-electron chi connectivity index (χ3n) is 2.95. The summed E-state index contributed by atoms with van der Waals surface area (Å²) in [7, 11) is 0. The lowest BCUT2D eigenvalue weighted by Gasteiger charge is -2.02. The van der Waals surface area contributed by atoms with Gasteiger partial charge in [-0.15, -0.1) is 21.5 Å². The summed E-state index contributed by atoms with van der Waals surface area (Å²) in [6, 6.07) is 7.88. The van der Waals surface area contributed by atoms with E-state index < -0.39 is 10.8 Å². The number of benzene rings is 1. The van der Waals surface area contributed by atoms with Gasteiger partial charge >= 0.3 is 0 Å². The number of amides is 1. The second-order valence-electron chi connectivity index (χ2n) is 4.61. The summed E-state index contributed by atoms with van der Waals surface area (Å²) in [6.07, 6.45) is 0. The minimum Gasteiger partial charge on any atom is -0.296 e. The van der Waals surface area contributed by atoms with Crippen molar-refractivity contribution in [2.75, 3.05) is 5.32 Å². The normalized spacial score (nSPS) is 10.6. The Labute approximate surface area is 159 Å². The van der Waals surface area contributed by atoms with E-state index in [1.54, 1.807) is 11.3 Å². The van der Waals surface area contributed by atoms with Crippen molar-refractivity contribution in [1.29, 1.82) is 0 Å². The number of hydrogen-bond acceptors (Lipinski definition) is 8.